The first-order chi connectivity index (χ1) is 9.06. The van der Waals surface area contributed by atoms with Gasteiger partial charge in [0.05, 0.1) is 25.6 Å². The van der Waals surface area contributed by atoms with Gasteiger partial charge in [0.1, 0.15) is 25.4 Å². The maximum atomic E-state index is 11.9. The van der Waals surface area contributed by atoms with Gasteiger partial charge in [-0.15, -0.1) is 0 Å². The number of hydrogen-bond donors (Lipinski definition) is 0. The second-order valence-corrected chi connectivity index (χ2v) is 5.28. The first-order valence-corrected chi connectivity index (χ1v) is 6.61. The maximum Gasteiger partial charge on any atom is 0.309 e. The Morgan fingerprint density at radius 1 is 1.11 bits per heavy atom. The monoisotopic (exact) mass is 272 g/mol. The van der Waals surface area contributed by atoms with Crippen LogP contribution < -0.4 is 0 Å². The molecule has 2 aliphatic rings. The lowest BCUT2D eigenvalue weighted by atomic mass is 9.93. The van der Waals surface area contributed by atoms with E-state index in [-0.39, 0.29) is 49.7 Å². The molecule has 0 aromatic heterocycles. The van der Waals surface area contributed by atoms with Crippen molar-refractivity contribution in [1.29, 1.82) is 0 Å². The molecule has 6 heteroatoms. The molecule has 0 aromatic rings. The third-order valence-corrected chi connectivity index (χ3v) is 3.14. The molecule has 0 saturated carbocycles. The van der Waals surface area contributed by atoms with Crippen LogP contribution in [0.15, 0.2) is 0 Å². The van der Waals surface area contributed by atoms with E-state index in [1.165, 1.54) is 0 Å². The molecule has 0 N–H and O–H groups in total. The molecular formula is C13H20O6. The van der Waals surface area contributed by atoms with Gasteiger partial charge >= 0.3 is 11.9 Å². The number of hydrogen-bond acceptors (Lipinski definition) is 6. The zero-order chi connectivity index (χ0) is 13.8. The Morgan fingerprint density at radius 3 is 2.11 bits per heavy atom. The van der Waals surface area contributed by atoms with Gasteiger partial charge in [-0.1, -0.05) is 13.8 Å². The summed E-state index contributed by atoms with van der Waals surface area (Å²) in [6, 6.07) is 0. The molecule has 108 valence electrons. The molecule has 19 heavy (non-hydrogen) atoms. The van der Waals surface area contributed by atoms with Crippen molar-refractivity contribution in [2.45, 2.75) is 32.5 Å². The third-order valence-electron chi connectivity index (χ3n) is 3.14. The molecule has 6 nitrogen and oxygen atoms in total. The van der Waals surface area contributed by atoms with Gasteiger partial charge < -0.3 is 18.9 Å². The Balaban J connectivity index is 1.72. The first-order valence-electron chi connectivity index (χ1n) is 6.61. The molecule has 3 atom stereocenters. The van der Waals surface area contributed by atoms with E-state index in [1.54, 1.807) is 0 Å². The van der Waals surface area contributed by atoms with E-state index in [0.717, 1.165) is 0 Å². The minimum absolute atomic E-state index is 0.0253. The average molecular weight is 272 g/mol. The van der Waals surface area contributed by atoms with Crippen LogP contribution in [0, 0.1) is 11.8 Å². The summed E-state index contributed by atoms with van der Waals surface area (Å²) >= 11 is 0. The van der Waals surface area contributed by atoms with Crippen LogP contribution in [-0.2, 0) is 28.5 Å². The Hall–Kier alpha value is -1.14. The van der Waals surface area contributed by atoms with Crippen LogP contribution in [-0.4, -0.2) is 50.6 Å². The van der Waals surface area contributed by atoms with Crippen molar-refractivity contribution in [1.82, 2.24) is 0 Å². The van der Waals surface area contributed by atoms with Crippen LogP contribution in [0.4, 0.5) is 0 Å². The SMILES string of the molecule is CC(C)C(CC(=O)OCC1CO1)C(=O)OCC1CO1. The van der Waals surface area contributed by atoms with E-state index < -0.39 is 5.92 Å². The Labute approximate surface area is 112 Å². The van der Waals surface area contributed by atoms with Gasteiger partial charge in [0.2, 0.25) is 0 Å². The molecular weight excluding hydrogens is 252 g/mol. The summed E-state index contributed by atoms with van der Waals surface area (Å²) in [5, 5.41) is 0. The highest BCUT2D eigenvalue weighted by Crippen LogP contribution is 2.20. The highest BCUT2D eigenvalue weighted by Gasteiger charge is 2.31. The van der Waals surface area contributed by atoms with E-state index in [2.05, 4.69) is 0 Å². The number of ether oxygens (including phenoxy) is 4. The first kappa shape index (κ1) is 14.3. The zero-order valence-corrected chi connectivity index (χ0v) is 11.3. The zero-order valence-electron chi connectivity index (χ0n) is 11.3. The topological polar surface area (TPSA) is 77.7 Å². The van der Waals surface area contributed by atoms with Crippen molar-refractivity contribution in [3.05, 3.63) is 0 Å². The fraction of sp³-hybridized carbons (Fsp3) is 0.846. The van der Waals surface area contributed by atoms with Gasteiger partial charge in [-0.25, -0.2) is 0 Å². The summed E-state index contributed by atoms with van der Waals surface area (Å²) in [5.41, 5.74) is 0. The quantitative estimate of drug-likeness (QED) is 0.474. The van der Waals surface area contributed by atoms with Crippen LogP contribution in [0.3, 0.4) is 0 Å². The van der Waals surface area contributed by atoms with Crippen molar-refractivity contribution < 1.29 is 28.5 Å². The molecule has 0 radical (unpaired) electrons. The second kappa shape index (κ2) is 6.34. The molecule has 0 aromatic carbocycles. The number of carbonyl (C=O) groups excluding carboxylic acids is 2. The van der Waals surface area contributed by atoms with Crippen LogP contribution in [0.25, 0.3) is 0 Å². The minimum atomic E-state index is -0.466. The smallest absolute Gasteiger partial charge is 0.309 e. The molecule has 2 aliphatic heterocycles. The lowest BCUT2D eigenvalue weighted by Crippen LogP contribution is -2.27. The molecule has 2 heterocycles. The molecule has 2 fully saturated rings. The lowest BCUT2D eigenvalue weighted by Gasteiger charge is -2.18. The Morgan fingerprint density at radius 2 is 1.63 bits per heavy atom. The number of epoxide rings is 2. The normalized spacial score (nSPS) is 25.8. The van der Waals surface area contributed by atoms with E-state index >= 15 is 0 Å². The molecule has 0 spiro atoms. The average Bonchev–Trinajstić information content (AvgIpc) is 3.24. The van der Waals surface area contributed by atoms with Gasteiger partial charge in [-0.2, -0.15) is 0 Å². The van der Waals surface area contributed by atoms with Crippen LogP contribution in [0.2, 0.25) is 0 Å². The Bertz CT molecular complexity index is 332. The minimum Gasteiger partial charge on any atom is -0.463 e. The van der Waals surface area contributed by atoms with Gasteiger partial charge in [-0.3, -0.25) is 9.59 Å². The van der Waals surface area contributed by atoms with Gasteiger partial charge in [0, 0.05) is 0 Å². The van der Waals surface area contributed by atoms with E-state index in [9.17, 15) is 9.59 Å². The van der Waals surface area contributed by atoms with Gasteiger partial charge in [0.15, 0.2) is 0 Å². The fourth-order valence-electron chi connectivity index (χ4n) is 1.63. The second-order valence-electron chi connectivity index (χ2n) is 5.28. The van der Waals surface area contributed by atoms with Crippen molar-refractivity contribution in [3.8, 4) is 0 Å². The Kier molecular flexibility index (Phi) is 4.76. The van der Waals surface area contributed by atoms with Crippen molar-refractivity contribution in [2.24, 2.45) is 11.8 Å². The van der Waals surface area contributed by atoms with E-state index in [1.807, 2.05) is 13.8 Å². The third kappa shape index (κ3) is 5.16. The maximum absolute atomic E-state index is 11.9. The summed E-state index contributed by atoms with van der Waals surface area (Å²) in [7, 11) is 0. The summed E-state index contributed by atoms with van der Waals surface area (Å²) in [4.78, 5) is 23.5. The highest BCUT2D eigenvalue weighted by molar-refractivity contribution is 5.80. The summed E-state index contributed by atoms with van der Waals surface area (Å²) < 4.78 is 20.1. The number of rotatable bonds is 8. The van der Waals surface area contributed by atoms with Crippen molar-refractivity contribution in [3.63, 3.8) is 0 Å². The lowest BCUT2D eigenvalue weighted by molar-refractivity contribution is -0.157. The molecule has 0 aliphatic carbocycles. The van der Waals surface area contributed by atoms with E-state index in [4.69, 9.17) is 18.9 Å². The summed E-state index contributed by atoms with van der Waals surface area (Å²) in [6.45, 7) is 5.60. The molecule has 2 saturated heterocycles. The number of esters is 2. The van der Waals surface area contributed by atoms with Crippen LogP contribution in [0.5, 0.6) is 0 Å². The van der Waals surface area contributed by atoms with Crippen LogP contribution >= 0.6 is 0 Å². The largest absolute Gasteiger partial charge is 0.463 e. The standard InChI is InChI=1S/C13H20O6/c1-8(2)11(13(15)19-7-10-5-17-10)3-12(14)18-6-9-4-16-9/h8-11H,3-7H2,1-2H3. The summed E-state index contributed by atoms with van der Waals surface area (Å²) in [5.74, 6) is -1.18. The predicted molar refractivity (Wildman–Crippen MR) is 64.3 cm³/mol. The van der Waals surface area contributed by atoms with Gasteiger partial charge in [-0.05, 0) is 5.92 Å². The van der Waals surface area contributed by atoms with E-state index in [0.29, 0.717) is 13.2 Å². The fourth-order valence-corrected chi connectivity index (χ4v) is 1.63. The molecule has 0 bridgehead atoms. The van der Waals surface area contributed by atoms with Crippen LogP contribution in [0.1, 0.15) is 20.3 Å². The highest BCUT2D eigenvalue weighted by atomic mass is 16.6. The van der Waals surface area contributed by atoms with Gasteiger partial charge in [0.25, 0.3) is 0 Å². The van der Waals surface area contributed by atoms with Crippen molar-refractivity contribution in [2.75, 3.05) is 26.4 Å². The molecule has 2 rings (SSSR count). The van der Waals surface area contributed by atoms with Crippen molar-refractivity contribution >= 4 is 11.9 Å². The molecule has 3 unspecified atom stereocenters. The predicted octanol–water partition coefficient (Wildman–Crippen LogP) is 0.533. The molecule has 0 amide bonds. The number of carbonyl (C=O) groups is 2. The summed E-state index contributed by atoms with van der Waals surface area (Å²) in [6.07, 6.45) is 0.130.